The summed E-state index contributed by atoms with van der Waals surface area (Å²) in [6, 6.07) is 14.9. The zero-order valence-electron chi connectivity index (χ0n) is 11.8. The number of pyridine rings is 1. The van der Waals surface area contributed by atoms with Crippen LogP contribution in [0.3, 0.4) is 0 Å². The lowest BCUT2D eigenvalue weighted by molar-refractivity contribution is 0.415. The molecule has 0 bridgehead atoms. The molecule has 1 aromatic heterocycles. The number of nitrogens with zero attached hydrogens (tertiary/aromatic N) is 1. The largest absolute Gasteiger partial charge is 0.497 e. The van der Waals surface area contributed by atoms with Gasteiger partial charge in [-0.2, -0.15) is 0 Å². The summed E-state index contributed by atoms with van der Waals surface area (Å²) >= 11 is 6.06. The Morgan fingerprint density at radius 1 is 1.10 bits per heavy atom. The molecule has 0 aliphatic heterocycles. The molecule has 0 saturated carbocycles. The molecule has 0 aliphatic rings. The average Bonchev–Trinajstić information content (AvgIpc) is 2.50. The molecule has 0 N–H and O–H groups in total. The number of ether oxygens (including phenoxy) is 1. The van der Waals surface area contributed by atoms with Crippen LogP contribution in [-0.4, -0.2) is 11.7 Å². The third kappa shape index (κ3) is 2.41. The Bertz CT molecular complexity index is 884. The molecule has 106 valence electrons. The number of rotatable bonds is 2. The number of benzene rings is 2. The van der Waals surface area contributed by atoms with E-state index in [0.29, 0.717) is 5.02 Å². The van der Waals surface area contributed by atoms with Crippen molar-refractivity contribution in [1.29, 1.82) is 0 Å². The smallest absolute Gasteiger partial charge is 0.251 e. The number of methoxy groups -OCH3 is 1. The SMILES string of the molecule is COc1ccc2c(-c3cccc(Cl)c3)cc(=O)n(C)c2c1. The normalized spacial score (nSPS) is 10.8. The van der Waals surface area contributed by atoms with Crippen LogP contribution in [0.25, 0.3) is 22.0 Å². The number of aryl methyl sites for hydroxylation is 1. The highest BCUT2D eigenvalue weighted by atomic mass is 35.5. The van der Waals surface area contributed by atoms with Crippen LogP contribution in [0.15, 0.2) is 53.3 Å². The van der Waals surface area contributed by atoms with Gasteiger partial charge >= 0.3 is 0 Å². The highest BCUT2D eigenvalue weighted by Crippen LogP contribution is 2.30. The quantitative estimate of drug-likeness (QED) is 0.719. The molecule has 4 heteroatoms. The third-order valence-electron chi connectivity index (χ3n) is 3.59. The van der Waals surface area contributed by atoms with E-state index in [1.165, 1.54) is 0 Å². The van der Waals surface area contributed by atoms with Crippen molar-refractivity contribution in [2.24, 2.45) is 7.05 Å². The van der Waals surface area contributed by atoms with Gasteiger partial charge in [0.1, 0.15) is 5.75 Å². The van der Waals surface area contributed by atoms with Gasteiger partial charge in [0.2, 0.25) is 0 Å². The molecule has 3 aromatic rings. The Balaban J connectivity index is 2.38. The molecule has 0 radical (unpaired) electrons. The van der Waals surface area contributed by atoms with Crippen molar-refractivity contribution >= 4 is 22.5 Å². The van der Waals surface area contributed by atoms with Gasteiger partial charge in [0, 0.05) is 29.6 Å². The molecule has 21 heavy (non-hydrogen) atoms. The number of halogens is 1. The van der Waals surface area contributed by atoms with Crippen LogP contribution >= 0.6 is 11.6 Å². The van der Waals surface area contributed by atoms with Crippen LogP contribution in [0.2, 0.25) is 5.02 Å². The lowest BCUT2D eigenvalue weighted by Crippen LogP contribution is -2.16. The zero-order chi connectivity index (χ0) is 15.0. The molecule has 0 aliphatic carbocycles. The molecule has 3 nitrogen and oxygen atoms in total. The van der Waals surface area contributed by atoms with Crippen LogP contribution in [0.4, 0.5) is 0 Å². The van der Waals surface area contributed by atoms with Crippen molar-refractivity contribution in [3.05, 3.63) is 63.9 Å². The van der Waals surface area contributed by atoms with Crippen molar-refractivity contribution < 1.29 is 4.74 Å². The fourth-order valence-corrected chi connectivity index (χ4v) is 2.65. The lowest BCUT2D eigenvalue weighted by atomic mass is 10.0. The van der Waals surface area contributed by atoms with Crippen molar-refractivity contribution in [1.82, 2.24) is 4.57 Å². The van der Waals surface area contributed by atoms with E-state index in [4.69, 9.17) is 16.3 Å². The highest BCUT2D eigenvalue weighted by molar-refractivity contribution is 6.30. The number of hydrogen-bond acceptors (Lipinski definition) is 2. The first-order chi connectivity index (χ1) is 10.1. The summed E-state index contributed by atoms with van der Waals surface area (Å²) in [7, 11) is 3.37. The van der Waals surface area contributed by atoms with E-state index < -0.39 is 0 Å². The van der Waals surface area contributed by atoms with Crippen LogP contribution in [0.1, 0.15) is 0 Å². The van der Waals surface area contributed by atoms with Gasteiger partial charge in [0.05, 0.1) is 12.6 Å². The summed E-state index contributed by atoms with van der Waals surface area (Å²) in [5.74, 6) is 0.723. The highest BCUT2D eigenvalue weighted by Gasteiger charge is 2.10. The van der Waals surface area contributed by atoms with Crippen molar-refractivity contribution in [3.63, 3.8) is 0 Å². The summed E-state index contributed by atoms with van der Waals surface area (Å²) in [4.78, 5) is 12.2. The van der Waals surface area contributed by atoms with Crippen LogP contribution < -0.4 is 10.3 Å². The lowest BCUT2D eigenvalue weighted by Gasteiger charge is -2.12. The zero-order valence-corrected chi connectivity index (χ0v) is 12.5. The van der Waals surface area contributed by atoms with Crippen molar-refractivity contribution in [2.75, 3.05) is 7.11 Å². The van der Waals surface area contributed by atoms with E-state index in [1.807, 2.05) is 42.5 Å². The number of hydrogen-bond donors (Lipinski definition) is 0. The summed E-state index contributed by atoms with van der Waals surface area (Å²) in [6.45, 7) is 0. The van der Waals surface area contributed by atoms with Crippen molar-refractivity contribution in [3.8, 4) is 16.9 Å². The maximum atomic E-state index is 12.2. The third-order valence-corrected chi connectivity index (χ3v) is 3.83. The summed E-state index contributed by atoms with van der Waals surface area (Å²) in [5.41, 5.74) is 2.57. The minimum absolute atomic E-state index is 0.0641. The molecule has 0 unspecified atom stereocenters. The van der Waals surface area contributed by atoms with Crippen LogP contribution in [0, 0.1) is 0 Å². The Morgan fingerprint density at radius 3 is 2.62 bits per heavy atom. The Kier molecular flexibility index (Phi) is 3.43. The van der Waals surface area contributed by atoms with Gasteiger partial charge in [-0.1, -0.05) is 23.7 Å². The van der Waals surface area contributed by atoms with Gasteiger partial charge < -0.3 is 9.30 Å². The second-order valence-corrected chi connectivity index (χ2v) is 5.29. The first-order valence-electron chi connectivity index (χ1n) is 6.54. The van der Waals surface area contributed by atoms with E-state index in [-0.39, 0.29) is 5.56 Å². The van der Waals surface area contributed by atoms with Crippen LogP contribution in [-0.2, 0) is 7.05 Å². The summed E-state index contributed by atoms with van der Waals surface area (Å²) in [5, 5.41) is 1.63. The Morgan fingerprint density at radius 2 is 1.90 bits per heavy atom. The second kappa shape index (κ2) is 5.26. The van der Waals surface area contributed by atoms with Gasteiger partial charge in [-0.25, -0.2) is 0 Å². The molecule has 0 fully saturated rings. The van der Waals surface area contributed by atoms with E-state index >= 15 is 0 Å². The number of fused-ring (bicyclic) bond motifs is 1. The van der Waals surface area contributed by atoms with Gasteiger partial charge in [0.25, 0.3) is 5.56 Å². The number of aromatic nitrogens is 1. The molecule has 1 heterocycles. The molecule has 0 saturated heterocycles. The molecule has 0 amide bonds. The predicted molar refractivity (Wildman–Crippen MR) is 86.2 cm³/mol. The van der Waals surface area contributed by atoms with E-state index in [9.17, 15) is 4.79 Å². The van der Waals surface area contributed by atoms with Crippen LogP contribution in [0.5, 0.6) is 5.75 Å². The maximum absolute atomic E-state index is 12.2. The molecular weight excluding hydrogens is 286 g/mol. The average molecular weight is 300 g/mol. The minimum Gasteiger partial charge on any atom is -0.497 e. The predicted octanol–water partition coefficient (Wildman–Crippen LogP) is 3.87. The topological polar surface area (TPSA) is 31.2 Å². The molecule has 0 atom stereocenters. The Labute approximate surface area is 127 Å². The molecular formula is C17H14ClNO2. The van der Waals surface area contributed by atoms with E-state index in [1.54, 1.807) is 24.8 Å². The van der Waals surface area contributed by atoms with E-state index in [2.05, 4.69) is 0 Å². The van der Waals surface area contributed by atoms with Crippen molar-refractivity contribution in [2.45, 2.75) is 0 Å². The molecule has 0 spiro atoms. The van der Waals surface area contributed by atoms with Gasteiger partial charge in [-0.15, -0.1) is 0 Å². The fraction of sp³-hybridized carbons (Fsp3) is 0.118. The molecule has 2 aromatic carbocycles. The fourth-order valence-electron chi connectivity index (χ4n) is 2.46. The van der Waals surface area contributed by atoms with Gasteiger partial charge in [-0.3, -0.25) is 4.79 Å². The summed E-state index contributed by atoms with van der Waals surface area (Å²) < 4.78 is 6.86. The maximum Gasteiger partial charge on any atom is 0.251 e. The standard InChI is InChI=1S/C17H14ClNO2/c1-19-16-9-13(21-2)6-7-14(16)15(10-17(19)20)11-4-3-5-12(18)8-11/h3-10H,1-2H3. The molecule has 3 rings (SSSR count). The first-order valence-corrected chi connectivity index (χ1v) is 6.91. The Hall–Kier alpha value is -2.26. The van der Waals surface area contributed by atoms with Gasteiger partial charge in [-0.05, 0) is 35.4 Å². The second-order valence-electron chi connectivity index (χ2n) is 4.85. The monoisotopic (exact) mass is 299 g/mol. The van der Waals surface area contributed by atoms with E-state index in [0.717, 1.165) is 27.8 Å². The summed E-state index contributed by atoms with van der Waals surface area (Å²) in [6.07, 6.45) is 0. The first kappa shape index (κ1) is 13.7. The minimum atomic E-state index is -0.0641. The van der Waals surface area contributed by atoms with Gasteiger partial charge in [0.15, 0.2) is 0 Å².